The molecule has 4 rings (SSSR count). The molecule has 1 fully saturated rings. The number of Topliss-reactive ketones (excluding diaryl/α,β-unsaturated/α-hetero) is 1. The van der Waals surface area contributed by atoms with Crippen LogP contribution in [0.1, 0.15) is 42.9 Å². The first-order valence-electron chi connectivity index (χ1n) is 13.3. The van der Waals surface area contributed by atoms with Gasteiger partial charge in [0, 0.05) is 44.7 Å². The van der Waals surface area contributed by atoms with Crippen molar-refractivity contribution in [2.24, 2.45) is 0 Å². The van der Waals surface area contributed by atoms with Crippen LogP contribution in [0.25, 0.3) is 5.57 Å². The third-order valence-corrected chi connectivity index (χ3v) is 6.91. The molecule has 2 N–H and O–H groups in total. The first-order valence-corrected chi connectivity index (χ1v) is 13.3. The predicted molar refractivity (Wildman–Crippen MR) is 146 cm³/mol. The molecule has 2 amide bonds. The Morgan fingerprint density at radius 3 is 2.39 bits per heavy atom. The number of anilines is 2. The maximum Gasteiger partial charge on any atom is 0.416 e. The summed E-state index contributed by atoms with van der Waals surface area (Å²) in [5, 5.41) is 4.62. The van der Waals surface area contributed by atoms with Crippen LogP contribution < -0.4 is 10.6 Å². The Balaban J connectivity index is 1.47. The highest BCUT2D eigenvalue weighted by atomic mass is 19.4. The van der Waals surface area contributed by atoms with Crippen LogP contribution in [0.4, 0.5) is 33.7 Å². The summed E-state index contributed by atoms with van der Waals surface area (Å²) in [7, 11) is 0. The van der Waals surface area contributed by atoms with E-state index in [0.29, 0.717) is 42.9 Å². The molecule has 1 aromatic heterocycles. The van der Waals surface area contributed by atoms with Gasteiger partial charge in [-0.25, -0.2) is 19.2 Å². The molecule has 0 atom stereocenters. The molecule has 0 radical (unpaired) electrons. The van der Waals surface area contributed by atoms with Crippen LogP contribution in [0.5, 0.6) is 0 Å². The first-order chi connectivity index (χ1) is 19.5. The second-order valence-corrected chi connectivity index (χ2v) is 9.70. The normalized spacial score (nSPS) is 16.7. The van der Waals surface area contributed by atoms with E-state index in [4.69, 9.17) is 4.74 Å². The van der Waals surface area contributed by atoms with Crippen LogP contribution in [0.15, 0.2) is 36.2 Å². The maximum atomic E-state index is 14.9. The smallest absolute Gasteiger partial charge is 0.416 e. The number of alkyl halides is 3. The zero-order valence-electron chi connectivity index (χ0n) is 23.1. The molecule has 2 aromatic rings. The lowest BCUT2D eigenvalue weighted by Crippen LogP contribution is -2.45. The van der Waals surface area contributed by atoms with Crippen molar-refractivity contribution in [2.45, 2.75) is 39.9 Å². The Bertz CT molecular complexity index is 1370. The second kappa shape index (κ2) is 12.8. The number of halogens is 4. The number of aryl methyl sites for hydroxylation is 1. The lowest BCUT2D eigenvalue weighted by Gasteiger charge is -2.34. The van der Waals surface area contributed by atoms with Gasteiger partial charge >= 0.3 is 12.2 Å². The van der Waals surface area contributed by atoms with Gasteiger partial charge in [0.15, 0.2) is 11.6 Å². The molecule has 0 spiro atoms. The van der Waals surface area contributed by atoms with Crippen molar-refractivity contribution < 1.29 is 31.9 Å². The average molecular weight is 577 g/mol. The van der Waals surface area contributed by atoms with Crippen molar-refractivity contribution in [3.8, 4) is 0 Å². The zero-order chi connectivity index (χ0) is 29.7. The van der Waals surface area contributed by atoms with E-state index < -0.39 is 29.3 Å². The highest BCUT2D eigenvalue weighted by Gasteiger charge is 2.35. The molecule has 1 aromatic carbocycles. The quantitative estimate of drug-likeness (QED) is 0.427. The van der Waals surface area contributed by atoms with E-state index in [1.807, 2.05) is 11.8 Å². The van der Waals surface area contributed by atoms with Gasteiger partial charge in [-0.1, -0.05) is 13.0 Å². The third kappa shape index (κ3) is 7.47. The summed E-state index contributed by atoms with van der Waals surface area (Å²) in [6.45, 7) is 9.13. The Hall–Kier alpha value is -3.84. The minimum absolute atomic E-state index is 0.0511. The van der Waals surface area contributed by atoms with E-state index in [9.17, 15) is 27.2 Å². The van der Waals surface area contributed by atoms with Gasteiger partial charge in [0.1, 0.15) is 5.82 Å². The molecule has 0 bridgehead atoms. The van der Waals surface area contributed by atoms with Crippen LogP contribution in [0.2, 0.25) is 0 Å². The summed E-state index contributed by atoms with van der Waals surface area (Å²) in [6.07, 6.45) is -0.0847. The second-order valence-electron chi connectivity index (χ2n) is 9.70. The number of nitrogens with zero attached hydrogens (tertiary/aromatic N) is 4. The Morgan fingerprint density at radius 2 is 1.76 bits per heavy atom. The Labute approximate surface area is 235 Å². The topological polar surface area (TPSA) is 99.7 Å². The molecule has 2 aliphatic rings. The fourth-order valence-electron chi connectivity index (χ4n) is 4.63. The molecule has 1 saturated heterocycles. The highest BCUT2D eigenvalue weighted by molar-refractivity contribution is 6.01. The Kier molecular flexibility index (Phi) is 9.38. The van der Waals surface area contributed by atoms with E-state index >= 15 is 0 Å². The number of benzene rings is 1. The SMILES string of the molecule is CCOC1=CC(c2ncc(NC(=O)Nc3cc(C(F)(F)F)c(CN4CCN(CC)CC4)cc3F)c(C)n2)=CCC1=O. The van der Waals surface area contributed by atoms with Gasteiger partial charge in [0.25, 0.3) is 0 Å². The largest absolute Gasteiger partial charge is 0.490 e. The minimum Gasteiger partial charge on any atom is -0.490 e. The van der Waals surface area contributed by atoms with Crippen LogP contribution in [0, 0.1) is 12.7 Å². The minimum atomic E-state index is -4.74. The van der Waals surface area contributed by atoms with Gasteiger partial charge in [-0.2, -0.15) is 13.2 Å². The van der Waals surface area contributed by atoms with Crippen LogP contribution in [0.3, 0.4) is 0 Å². The first kappa shape index (κ1) is 30.1. The number of nitrogens with one attached hydrogen (secondary N) is 2. The summed E-state index contributed by atoms with van der Waals surface area (Å²) < 4.78 is 62.0. The summed E-state index contributed by atoms with van der Waals surface area (Å²) in [5.74, 6) is -0.635. The van der Waals surface area contributed by atoms with E-state index in [-0.39, 0.29) is 35.8 Å². The molecule has 1 aliphatic carbocycles. The average Bonchev–Trinajstić information content (AvgIpc) is 2.92. The standard InChI is InChI=1S/C28H32F4N6O3/c1-4-37-8-10-38(11-9-37)16-19-12-21(29)22(14-20(19)28(30,31)32)35-27(40)36-23-15-33-26(34-17(23)3)18-6-7-24(39)25(13-18)41-5-2/h6,12-15H,4-5,7-11,16H2,1-3H3,(H2,35,36,40). The highest BCUT2D eigenvalue weighted by Crippen LogP contribution is 2.36. The molecule has 13 heteroatoms. The number of carbonyl (C=O) groups excluding carboxylic acids is 2. The summed E-state index contributed by atoms with van der Waals surface area (Å²) in [6, 6.07) is 0.499. The summed E-state index contributed by atoms with van der Waals surface area (Å²) in [4.78, 5) is 37.2. The van der Waals surface area contributed by atoms with E-state index in [1.165, 1.54) is 6.20 Å². The van der Waals surface area contributed by atoms with Crippen LogP contribution >= 0.6 is 0 Å². The monoisotopic (exact) mass is 576 g/mol. The molecule has 41 heavy (non-hydrogen) atoms. The number of likely N-dealkylation sites (N-methyl/N-ethyl adjacent to an activating group) is 1. The summed E-state index contributed by atoms with van der Waals surface area (Å²) in [5.41, 5.74) is -0.701. The van der Waals surface area contributed by atoms with Crippen LogP contribution in [-0.4, -0.2) is 70.9 Å². The molecule has 9 nitrogen and oxygen atoms in total. The van der Waals surface area contributed by atoms with Crippen molar-refractivity contribution in [3.63, 3.8) is 0 Å². The molecule has 220 valence electrons. The molecule has 0 saturated carbocycles. The zero-order valence-corrected chi connectivity index (χ0v) is 23.1. The van der Waals surface area contributed by atoms with Crippen molar-refractivity contribution in [1.82, 2.24) is 19.8 Å². The number of hydrogen-bond acceptors (Lipinski definition) is 7. The van der Waals surface area contributed by atoms with E-state index in [2.05, 4.69) is 25.5 Å². The maximum absolute atomic E-state index is 14.9. The Morgan fingerprint density at radius 1 is 1.07 bits per heavy atom. The summed E-state index contributed by atoms with van der Waals surface area (Å²) >= 11 is 0. The fraction of sp³-hybridized carbons (Fsp3) is 0.429. The van der Waals surface area contributed by atoms with Crippen molar-refractivity contribution in [2.75, 3.05) is 50.0 Å². The number of ketones is 1. The van der Waals surface area contributed by atoms with Crippen molar-refractivity contribution in [1.29, 1.82) is 0 Å². The molecule has 2 heterocycles. The predicted octanol–water partition coefficient (Wildman–Crippen LogP) is 5.00. The van der Waals surface area contributed by atoms with Crippen molar-refractivity contribution in [3.05, 3.63) is 64.7 Å². The molecule has 1 aliphatic heterocycles. The molecular formula is C28H32F4N6O3. The van der Waals surface area contributed by atoms with Gasteiger partial charge < -0.3 is 20.3 Å². The van der Waals surface area contributed by atoms with E-state index in [1.54, 1.807) is 26.0 Å². The number of hydrogen-bond donors (Lipinski definition) is 2. The number of carbonyl (C=O) groups is 2. The molecule has 0 unspecified atom stereocenters. The number of ether oxygens (including phenoxy) is 1. The van der Waals surface area contributed by atoms with E-state index in [0.717, 1.165) is 25.7 Å². The van der Waals surface area contributed by atoms with Gasteiger partial charge in [0.05, 0.1) is 35.4 Å². The number of allylic oxidation sites excluding steroid dienone is 4. The van der Waals surface area contributed by atoms with Crippen molar-refractivity contribution >= 4 is 28.8 Å². The third-order valence-electron chi connectivity index (χ3n) is 6.91. The number of piperazine rings is 1. The van der Waals surface area contributed by atoms with Gasteiger partial charge in [-0.05, 0) is 44.2 Å². The lowest BCUT2D eigenvalue weighted by molar-refractivity contribution is -0.138. The number of rotatable bonds is 8. The fourth-order valence-corrected chi connectivity index (χ4v) is 4.63. The number of amides is 2. The van der Waals surface area contributed by atoms with Gasteiger partial charge in [0.2, 0.25) is 5.78 Å². The van der Waals surface area contributed by atoms with Gasteiger partial charge in [-0.15, -0.1) is 0 Å². The lowest BCUT2D eigenvalue weighted by atomic mass is 10.0. The van der Waals surface area contributed by atoms with Gasteiger partial charge in [-0.3, -0.25) is 9.69 Å². The number of urea groups is 1. The molecular weight excluding hydrogens is 544 g/mol. The number of aromatic nitrogens is 2. The van der Waals surface area contributed by atoms with Crippen LogP contribution in [-0.2, 0) is 22.3 Å².